The standard InChI is InChI=1S/C14H31N3O2/c1-12(19-5)11-16-14(18)13(15-2)9-7-6-8-10-17(3)4/h12-13,15H,6-11H2,1-5H3,(H,16,18)/t12?,13-/m0/s1. The Morgan fingerprint density at radius 3 is 2.47 bits per heavy atom. The molecule has 5 heteroatoms. The maximum absolute atomic E-state index is 11.9. The predicted molar refractivity (Wildman–Crippen MR) is 79.4 cm³/mol. The molecule has 114 valence electrons. The Balaban J connectivity index is 3.77. The summed E-state index contributed by atoms with van der Waals surface area (Å²) in [6.07, 6.45) is 4.37. The van der Waals surface area contributed by atoms with Gasteiger partial charge in [-0.15, -0.1) is 0 Å². The molecule has 19 heavy (non-hydrogen) atoms. The zero-order valence-electron chi connectivity index (χ0n) is 13.2. The van der Waals surface area contributed by atoms with E-state index in [1.54, 1.807) is 7.11 Å². The van der Waals surface area contributed by atoms with Crippen LogP contribution in [0.1, 0.15) is 32.6 Å². The fourth-order valence-corrected chi connectivity index (χ4v) is 1.81. The Bertz CT molecular complexity index is 235. The lowest BCUT2D eigenvalue weighted by Crippen LogP contribution is -2.44. The van der Waals surface area contributed by atoms with Gasteiger partial charge in [-0.05, 0) is 47.5 Å². The van der Waals surface area contributed by atoms with Crippen molar-refractivity contribution in [1.29, 1.82) is 0 Å². The molecule has 0 aliphatic carbocycles. The molecule has 0 aromatic rings. The fourth-order valence-electron chi connectivity index (χ4n) is 1.81. The summed E-state index contributed by atoms with van der Waals surface area (Å²) >= 11 is 0. The van der Waals surface area contributed by atoms with Crippen molar-refractivity contribution in [1.82, 2.24) is 15.5 Å². The number of carbonyl (C=O) groups is 1. The van der Waals surface area contributed by atoms with Gasteiger partial charge < -0.3 is 20.3 Å². The fraction of sp³-hybridized carbons (Fsp3) is 0.929. The van der Waals surface area contributed by atoms with Gasteiger partial charge >= 0.3 is 0 Å². The molecule has 0 heterocycles. The molecule has 0 aromatic heterocycles. The van der Waals surface area contributed by atoms with Crippen LogP contribution in [0.5, 0.6) is 0 Å². The van der Waals surface area contributed by atoms with E-state index in [2.05, 4.69) is 29.6 Å². The van der Waals surface area contributed by atoms with E-state index in [9.17, 15) is 4.79 Å². The molecule has 0 fully saturated rings. The lowest BCUT2D eigenvalue weighted by atomic mass is 10.1. The number of nitrogens with one attached hydrogen (secondary N) is 2. The molecule has 0 radical (unpaired) electrons. The van der Waals surface area contributed by atoms with Crippen LogP contribution >= 0.6 is 0 Å². The van der Waals surface area contributed by atoms with Gasteiger partial charge in [0.05, 0.1) is 12.1 Å². The SMILES string of the molecule is CN[C@@H](CCCCCN(C)C)C(=O)NCC(C)OC. The van der Waals surface area contributed by atoms with Gasteiger partial charge in [-0.1, -0.05) is 12.8 Å². The topological polar surface area (TPSA) is 53.6 Å². The molecule has 1 amide bonds. The highest BCUT2D eigenvalue weighted by atomic mass is 16.5. The summed E-state index contributed by atoms with van der Waals surface area (Å²) in [5.74, 6) is 0.0685. The second kappa shape index (κ2) is 11.2. The molecule has 0 bridgehead atoms. The van der Waals surface area contributed by atoms with Gasteiger partial charge in [0.15, 0.2) is 0 Å². The molecule has 2 N–H and O–H groups in total. The highest BCUT2D eigenvalue weighted by Gasteiger charge is 2.15. The summed E-state index contributed by atoms with van der Waals surface area (Å²) in [5, 5.41) is 5.99. The van der Waals surface area contributed by atoms with Crippen molar-refractivity contribution in [3.63, 3.8) is 0 Å². The zero-order chi connectivity index (χ0) is 14.7. The molecule has 5 nitrogen and oxygen atoms in total. The number of carbonyl (C=O) groups excluding carboxylic acids is 1. The van der Waals surface area contributed by atoms with Crippen molar-refractivity contribution in [2.24, 2.45) is 0 Å². The van der Waals surface area contributed by atoms with Crippen molar-refractivity contribution in [3.05, 3.63) is 0 Å². The van der Waals surface area contributed by atoms with Gasteiger partial charge in [-0.3, -0.25) is 4.79 Å². The van der Waals surface area contributed by atoms with E-state index in [1.807, 2.05) is 14.0 Å². The highest BCUT2D eigenvalue weighted by molar-refractivity contribution is 5.81. The van der Waals surface area contributed by atoms with Gasteiger partial charge in [0.2, 0.25) is 5.91 Å². The first-order chi connectivity index (χ1) is 9.01. The molecule has 0 aliphatic heterocycles. The van der Waals surface area contributed by atoms with Crippen LogP contribution in [0, 0.1) is 0 Å². The number of hydrogen-bond donors (Lipinski definition) is 2. The molecule has 0 saturated heterocycles. The van der Waals surface area contributed by atoms with E-state index in [-0.39, 0.29) is 18.1 Å². The second-order valence-electron chi connectivity index (χ2n) is 5.29. The highest BCUT2D eigenvalue weighted by Crippen LogP contribution is 2.04. The van der Waals surface area contributed by atoms with Gasteiger partial charge in [-0.25, -0.2) is 0 Å². The molecule has 2 atom stereocenters. The number of nitrogens with zero attached hydrogens (tertiary/aromatic N) is 1. The number of rotatable bonds is 11. The minimum atomic E-state index is -0.0941. The summed E-state index contributed by atoms with van der Waals surface area (Å²) in [4.78, 5) is 14.1. The van der Waals surface area contributed by atoms with Crippen LogP contribution in [0.4, 0.5) is 0 Å². The van der Waals surface area contributed by atoms with Crippen LogP contribution in [0.2, 0.25) is 0 Å². The van der Waals surface area contributed by atoms with Crippen molar-refractivity contribution in [2.75, 3.05) is 41.3 Å². The minimum Gasteiger partial charge on any atom is -0.380 e. The largest absolute Gasteiger partial charge is 0.380 e. The van der Waals surface area contributed by atoms with Gasteiger partial charge in [0.25, 0.3) is 0 Å². The summed E-state index contributed by atoms with van der Waals surface area (Å²) in [6.45, 7) is 3.62. The Kier molecular flexibility index (Phi) is 10.8. The quantitative estimate of drug-likeness (QED) is 0.548. The van der Waals surface area contributed by atoms with Crippen LogP contribution in [0.15, 0.2) is 0 Å². The first-order valence-electron chi connectivity index (χ1n) is 7.13. The number of ether oxygens (including phenoxy) is 1. The zero-order valence-corrected chi connectivity index (χ0v) is 13.2. The third kappa shape index (κ3) is 9.87. The number of hydrogen-bond acceptors (Lipinski definition) is 4. The molecule has 1 unspecified atom stereocenters. The number of likely N-dealkylation sites (N-methyl/N-ethyl adjacent to an activating group) is 1. The molecular weight excluding hydrogens is 242 g/mol. The van der Waals surface area contributed by atoms with Gasteiger partial charge in [0.1, 0.15) is 0 Å². The second-order valence-corrected chi connectivity index (χ2v) is 5.29. The lowest BCUT2D eigenvalue weighted by molar-refractivity contribution is -0.123. The average molecular weight is 273 g/mol. The molecule has 0 rings (SSSR count). The molecule has 0 aromatic carbocycles. The van der Waals surface area contributed by atoms with Crippen molar-refractivity contribution in [2.45, 2.75) is 44.8 Å². The first-order valence-corrected chi connectivity index (χ1v) is 7.13. The van der Waals surface area contributed by atoms with Crippen LogP contribution in [-0.4, -0.2) is 64.3 Å². The third-order valence-electron chi connectivity index (χ3n) is 3.23. The maximum Gasteiger partial charge on any atom is 0.237 e. The van der Waals surface area contributed by atoms with Crippen LogP contribution < -0.4 is 10.6 Å². The number of unbranched alkanes of at least 4 members (excludes halogenated alkanes) is 2. The van der Waals surface area contributed by atoms with Crippen LogP contribution in [-0.2, 0) is 9.53 Å². The smallest absolute Gasteiger partial charge is 0.237 e. The number of amides is 1. The Morgan fingerprint density at radius 1 is 1.26 bits per heavy atom. The van der Waals surface area contributed by atoms with Crippen LogP contribution in [0.3, 0.4) is 0 Å². The average Bonchev–Trinajstić information content (AvgIpc) is 2.39. The molecule has 0 saturated carbocycles. The van der Waals surface area contributed by atoms with Gasteiger partial charge in [-0.2, -0.15) is 0 Å². The lowest BCUT2D eigenvalue weighted by Gasteiger charge is -2.18. The van der Waals surface area contributed by atoms with E-state index < -0.39 is 0 Å². The van der Waals surface area contributed by atoms with E-state index in [4.69, 9.17) is 4.74 Å². The van der Waals surface area contributed by atoms with E-state index in [1.165, 1.54) is 6.42 Å². The first kappa shape index (κ1) is 18.4. The van der Waals surface area contributed by atoms with E-state index in [0.717, 1.165) is 25.8 Å². The Hall–Kier alpha value is -0.650. The van der Waals surface area contributed by atoms with Gasteiger partial charge in [0, 0.05) is 13.7 Å². The summed E-state index contributed by atoms with van der Waals surface area (Å²) in [7, 11) is 7.66. The third-order valence-corrected chi connectivity index (χ3v) is 3.23. The monoisotopic (exact) mass is 273 g/mol. The molecule has 0 aliphatic rings. The van der Waals surface area contributed by atoms with E-state index >= 15 is 0 Å². The predicted octanol–water partition coefficient (Wildman–Crippen LogP) is 0.848. The molecular formula is C14H31N3O2. The van der Waals surface area contributed by atoms with Crippen molar-refractivity contribution in [3.8, 4) is 0 Å². The summed E-state index contributed by atoms with van der Waals surface area (Å²) < 4.78 is 5.11. The van der Waals surface area contributed by atoms with Crippen molar-refractivity contribution < 1.29 is 9.53 Å². The summed E-state index contributed by atoms with van der Waals surface area (Å²) in [5.41, 5.74) is 0. The minimum absolute atomic E-state index is 0.0570. The number of methoxy groups -OCH3 is 1. The van der Waals surface area contributed by atoms with E-state index in [0.29, 0.717) is 6.54 Å². The summed E-state index contributed by atoms with van der Waals surface area (Å²) in [6, 6.07) is -0.0941. The van der Waals surface area contributed by atoms with Crippen LogP contribution in [0.25, 0.3) is 0 Å². The molecule has 0 spiro atoms. The van der Waals surface area contributed by atoms with Crippen molar-refractivity contribution >= 4 is 5.91 Å². The maximum atomic E-state index is 11.9. The Labute approximate surface area is 118 Å². The normalized spacial score (nSPS) is 14.4. The Morgan fingerprint density at radius 2 is 1.95 bits per heavy atom.